The van der Waals surface area contributed by atoms with Gasteiger partial charge in [0.1, 0.15) is 6.10 Å². The first-order valence-corrected chi connectivity index (χ1v) is 6.48. The van der Waals surface area contributed by atoms with Crippen LogP contribution in [0.25, 0.3) is 10.1 Å². The van der Waals surface area contributed by atoms with Crippen LogP contribution in [0.15, 0.2) is 30.3 Å². The van der Waals surface area contributed by atoms with Gasteiger partial charge in [-0.05, 0) is 24.4 Å². The zero-order valence-corrected chi connectivity index (χ0v) is 10.1. The Balaban J connectivity index is 1.88. The lowest BCUT2D eigenvalue weighted by atomic mass is 10.2. The molecule has 1 aliphatic rings. The zero-order chi connectivity index (χ0) is 11.0. The highest BCUT2D eigenvalue weighted by Crippen LogP contribution is 2.32. The predicted octanol–water partition coefficient (Wildman–Crippen LogP) is 2.95. The molecule has 2 atom stereocenters. The molecule has 84 valence electrons. The predicted molar refractivity (Wildman–Crippen MR) is 68.0 cm³/mol. The Hall–Kier alpha value is -0.900. The lowest BCUT2D eigenvalue weighted by Gasteiger charge is -2.27. The number of hydrogen-bond acceptors (Lipinski definition) is 3. The Bertz CT molecular complexity index is 452. The molecular weight excluding hydrogens is 218 g/mol. The summed E-state index contributed by atoms with van der Waals surface area (Å²) in [6, 6.07) is 11.2. The number of rotatable bonds is 1. The van der Waals surface area contributed by atoms with Gasteiger partial charge in [-0.3, -0.25) is 0 Å². The molecule has 3 rings (SSSR count). The van der Waals surface area contributed by atoms with E-state index < -0.39 is 0 Å². The van der Waals surface area contributed by atoms with Crippen LogP contribution < -0.4 is 5.32 Å². The summed E-state index contributed by atoms with van der Waals surface area (Å²) < 4.78 is 7.20. The van der Waals surface area contributed by atoms with Gasteiger partial charge in [-0.25, -0.2) is 0 Å². The average Bonchev–Trinajstić information content (AvgIpc) is 2.73. The van der Waals surface area contributed by atoms with E-state index in [4.69, 9.17) is 4.74 Å². The Morgan fingerprint density at radius 1 is 1.38 bits per heavy atom. The topological polar surface area (TPSA) is 21.3 Å². The minimum Gasteiger partial charge on any atom is -0.370 e. The van der Waals surface area contributed by atoms with Crippen molar-refractivity contribution in [3.05, 3.63) is 35.2 Å². The van der Waals surface area contributed by atoms with Gasteiger partial charge in [0, 0.05) is 22.2 Å². The van der Waals surface area contributed by atoms with Crippen LogP contribution in [-0.4, -0.2) is 19.2 Å². The quantitative estimate of drug-likeness (QED) is 0.817. The molecular formula is C13H15NOS. The summed E-state index contributed by atoms with van der Waals surface area (Å²) in [5.41, 5.74) is 0. The maximum absolute atomic E-state index is 5.85. The van der Waals surface area contributed by atoms with Crippen LogP contribution in [0, 0.1) is 0 Å². The number of morpholine rings is 1. The third-order valence-corrected chi connectivity index (χ3v) is 4.17. The molecule has 1 aromatic carbocycles. The summed E-state index contributed by atoms with van der Waals surface area (Å²) in [6.07, 6.45) is 0.230. The van der Waals surface area contributed by atoms with Gasteiger partial charge in [-0.15, -0.1) is 11.3 Å². The minimum atomic E-state index is 0.230. The van der Waals surface area contributed by atoms with E-state index in [9.17, 15) is 0 Å². The van der Waals surface area contributed by atoms with Crippen molar-refractivity contribution in [2.45, 2.75) is 19.1 Å². The van der Waals surface area contributed by atoms with E-state index in [1.165, 1.54) is 15.0 Å². The van der Waals surface area contributed by atoms with E-state index in [1.807, 2.05) is 11.3 Å². The van der Waals surface area contributed by atoms with Crippen molar-refractivity contribution in [1.82, 2.24) is 5.32 Å². The Morgan fingerprint density at radius 3 is 3.00 bits per heavy atom. The number of thiophene rings is 1. The van der Waals surface area contributed by atoms with Crippen molar-refractivity contribution in [3.63, 3.8) is 0 Å². The average molecular weight is 233 g/mol. The number of fused-ring (bicyclic) bond motifs is 1. The lowest BCUT2D eigenvalue weighted by molar-refractivity contribution is 0.00906. The molecule has 0 saturated carbocycles. The molecule has 0 amide bonds. The molecule has 16 heavy (non-hydrogen) atoms. The fraction of sp³-hybridized carbons (Fsp3) is 0.385. The lowest BCUT2D eigenvalue weighted by Crippen LogP contribution is -2.40. The van der Waals surface area contributed by atoms with E-state index in [1.54, 1.807) is 0 Å². The third-order valence-electron chi connectivity index (χ3n) is 2.96. The summed E-state index contributed by atoms with van der Waals surface area (Å²) in [7, 11) is 0. The number of ether oxygens (including phenoxy) is 1. The smallest absolute Gasteiger partial charge is 0.104 e. The second-order valence-electron chi connectivity index (χ2n) is 4.32. The summed E-state index contributed by atoms with van der Waals surface area (Å²) in [6.45, 7) is 3.88. The summed E-state index contributed by atoms with van der Waals surface area (Å²) in [4.78, 5) is 1.33. The maximum Gasteiger partial charge on any atom is 0.104 e. The van der Waals surface area contributed by atoms with Gasteiger partial charge in [-0.1, -0.05) is 18.2 Å². The molecule has 1 aliphatic heterocycles. The summed E-state index contributed by atoms with van der Waals surface area (Å²) in [5.74, 6) is 0. The van der Waals surface area contributed by atoms with Crippen LogP contribution in [0.5, 0.6) is 0 Å². The van der Waals surface area contributed by atoms with Crippen LogP contribution in [0.2, 0.25) is 0 Å². The molecule has 0 radical (unpaired) electrons. The van der Waals surface area contributed by atoms with Crippen molar-refractivity contribution in [3.8, 4) is 0 Å². The molecule has 0 spiro atoms. The van der Waals surface area contributed by atoms with Crippen molar-refractivity contribution >= 4 is 21.4 Å². The second kappa shape index (κ2) is 4.17. The van der Waals surface area contributed by atoms with Crippen molar-refractivity contribution in [2.24, 2.45) is 0 Å². The monoisotopic (exact) mass is 233 g/mol. The van der Waals surface area contributed by atoms with Crippen LogP contribution in [0.3, 0.4) is 0 Å². The van der Waals surface area contributed by atoms with Gasteiger partial charge in [0.15, 0.2) is 0 Å². The van der Waals surface area contributed by atoms with E-state index in [0.29, 0.717) is 6.04 Å². The van der Waals surface area contributed by atoms with Gasteiger partial charge in [0.05, 0.1) is 6.61 Å². The molecule has 2 unspecified atom stereocenters. The second-order valence-corrected chi connectivity index (χ2v) is 5.43. The van der Waals surface area contributed by atoms with E-state index >= 15 is 0 Å². The van der Waals surface area contributed by atoms with Crippen molar-refractivity contribution in [1.29, 1.82) is 0 Å². The van der Waals surface area contributed by atoms with Gasteiger partial charge in [0.25, 0.3) is 0 Å². The normalized spacial score (nSPS) is 26.1. The highest BCUT2D eigenvalue weighted by atomic mass is 32.1. The number of hydrogen-bond donors (Lipinski definition) is 1. The molecule has 1 aromatic heterocycles. The molecule has 2 aromatic rings. The van der Waals surface area contributed by atoms with Gasteiger partial charge in [0.2, 0.25) is 0 Å². The highest BCUT2D eigenvalue weighted by molar-refractivity contribution is 7.19. The van der Waals surface area contributed by atoms with Crippen molar-refractivity contribution in [2.75, 3.05) is 13.2 Å². The summed E-state index contributed by atoms with van der Waals surface area (Å²) >= 11 is 1.84. The van der Waals surface area contributed by atoms with E-state index in [-0.39, 0.29) is 6.10 Å². The van der Waals surface area contributed by atoms with Crippen LogP contribution in [0.4, 0.5) is 0 Å². The van der Waals surface area contributed by atoms with Gasteiger partial charge in [-0.2, -0.15) is 0 Å². The fourth-order valence-electron chi connectivity index (χ4n) is 2.03. The van der Waals surface area contributed by atoms with Crippen molar-refractivity contribution < 1.29 is 4.74 Å². The Morgan fingerprint density at radius 2 is 2.25 bits per heavy atom. The molecule has 1 fully saturated rings. The maximum atomic E-state index is 5.85. The summed E-state index contributed by atoms with van der Waals surface area (Å²) in [5, 5.41) is 4.78. The molecule has 0 bridgehead atoms. The molecule has 2 nitrogen and oxygen atoms in total. The molecule has 1 N–H and O–H groups in total. The molecule has 0 aliphatic carbocycles. The number of benzene rings is 1. The van der Waals surface area contributed by atoms with Crippen LogP contribution in [-0.2, 0) is 4.74 Å². The first-order valence-electron chi connectivity index (χ1n) is 5.66. The molecule has 2 heterocycles. The first-order chi connectivity index (χ1) is 7.83. The molecule has 1 saturated heterocycles. The fourth-order valence-corrected chi connectivity index (χ4v) is 3.14. The SMILES string of the molecule is CC1COC(c2cc3ccccc3s2)CN1. The van der Waals surface area contributed by atoms with E-state index in [0.717, 1.165) is 13.2 Å². The zero-order valence-electron chi connectivity index (χ0n) is 9.27. The van der Waals surface area contributed by atoms with Gasteiger partial charge < -0.3 is 10.1 Å². The van der Waals surface area contributed by atoms with Crippen LogP contribution in [0.1, 0.15) is 17.9 Å². The Labute approximate surface area is 99.2 Å². The largest absolute Gasteiger partial charge is 0.370 e. The Kier molecular flexibility index (Phi) is 2.67. The first kappa shape index (κ1) is 10.3. The standard InChI is InChI=1S/C13H15NOS/c1-9-8-15-11(7-14-9)13-6-10-4-2-3-5-12(10)16-13/h2-6,9,11,14H,7-8H2,1H3. The van der Waals surface area contributed by atoms with Crippen LogP contribution >= 0.6 is 11.3 Å². The number of nitrogens with one attached hydrogen (secondary N) is 1. The van der Waals surface area contributed by atoms with E-state index in [2.05, 4.69) is 42.6 Å². The molecule has 3 heteroatoms. The highest BCUT2D eigenvalue weighted by Gasteiger charge is 2.21. The minimum absolute atomic E-state index is 0.230. The third kappa shape index (κ3) is 1.86. The van der Waals surface area contributed by atoms with Gasteiger partial charge >= 0.3 is 0 Å².